The van der Waals surface area contributed by atoms with Gasteiger partial charge in [0.15, 0.2) is 5.03 Å². The highest BCUT2D eigenvalue weighted by Crippen LogP contribution is 2.31. The average molecular weight is 387 g/mol. The zero-order valence-corrected chi connectivity index (χ0v) is 16.6. The Bertz CT molecular complexity index is 729. The molecule has 2 fully saturated rings. The third-order valence-electron chi connectivity index (χ3n) is 5.79. The van der Waals surface area contributed by atoms with Gasteiger partial charge in [-0.05, 0) is 39.8 Å². The van der Waals surface area contributed by atoms with Gasteiger partial charge in [0.25, 0.3) is 10.0 Å². The van der Waals surface area contributed by atoms with Crippen molar-refractivity contribution in [2.45, 2.75) is 62.2 Å². The van der Waals surface area contributed by atoms with E-state index in [0.717, 1.165) is 25.7 Å². The first kappa shape index (κ1) is 19.8. The number of aliphatic hydroxyl groups is 1. The number of aliphatic hydroxyl groups excluding tert-OH is 1. The number of ether oxygens (including phenoxy) is 1. The lowest BCUT2D eigenvalue weighted by atomic mass is 9.96. The normalized spacial score (nSPS) is 28.7. The third kappa shape index (κ3) is 3.68. The predicted molar refractivity (Wildman–Crippen MR) is 97.5 cm³/mol. The summed E-state index contributed by atoms with van der Waals surface area (Å²) in [6, 6.07) is 1.87. The van der Waals surface area contributed by atoms with Gasteiger partial charge < -0.3 is 9.84 Å². The average Bonchev–Trinajstić information content (AvgIpc) is 3.26. The van der Waals surface area contributed by atoms with Crippen LogP contribution in [0.1, 0.15) is 44.3 Å². The predicted octanol–water partition coefficient (Wildman–Crippen LogP) is 0.667. The minimum atomic E-state index is -3.74. The Kier molecular flexibility index (Phi) is 5.74. The lowest BCUT2D eigenvalue weighted by Gasteiger charge is -2.47. The number of likely N-dealkylation sites (N-methyl/N-ethyl adjacent to an activating group) is 1. The fourth-order valence-corrected chi connectivity index (χ4v) is 5.27. The van der Waals surface area contributed by atoms with Crippen LogP contribution < -0.4 is 4.72 Å². The SMILES string of the molecule is Cc1cc(S(=O)(=O)NC[C@]2(CO)COC[C@@H](C)N2C)n(C2CCCC2)n1. The fraction of sp³-hybridized carbons (Fsp3) is 0.824. The highest BCUT2D eigenvalue weighted by atomic mass is 32.2. The lowest BCUT2D eigenvalue weighted by Crippen LogP contribution is -2.65. The zero-order valence-electron chi connectivity index (χ0n) is 15.8. The first-order chi connectivity index (χ1) is 12.3. The van der Waals surface area contributed by atoms with Gasteiger partial charge in [-0.1, -0.05) is 12.8 Å². The summed E-state index contributed by atoms with van der Waals surface area (Å²) in [7, 11) is -1.85. The number of rotatable bonds is 6. The Morgan fingerprint density at radius 1 is 1.42 bits per heavy atom. The highest BCUT2D eigenvalue weighted by Gasteiger charge is 2.41. The molecule has 1 saturated heterocycles. The van der Waals surface area contributed by atoms with Crippen LogP contribution in [0.25, 0.3) is 0 Å². The van der Waals surface area contributed by atoms with Gasteiger partial charge in [-0.3, -0.25) is 4.90 Å². The molecule has 1 saturated carbocycles. The largest absolute Gasteiger partial charge is 0.394 e. The molecular weight excluding hydrogens is 356 g/mol. The molecule has 2 atom stereocenters. The van der Waals surface area contributed by atoms with Crippen LogP contribution >= 0.6 is 0 Å². The number of hydrogen-bond acceptors (Lipinski definition) is 6. The summed E-state index contributed by atoms with van der Waals surface area (Å²) in [6.45, 7) is 4.56. The van der Waals surface area contributed by atoms with Crippen LogP contribution in [0.3, 0.4) is 0 Å². The van der Waals surface area contributed by atoms with Crippen molar-refractivity contribution in [2.24, 2.45) is 0 Å². The van der Waals surface area contributed by atoms with Crippen molar-refractivity contribution < 1.29 is 18.3 Å². The van der Waals surface area contributed by atoms with Gasteiger partial charge in [-0.2, -0.15) is 5.10 Å². The van der Waals surface area contributed by atoms with Crippen molar-refractivity contribution in [3.63, 3.8) is 0 Å². The molecule has 2 heterocycles. The Morgan fingerprint density at radius 3 is 2.77 bits per heavy atom. The minimum absolute atomic E-state index is 0.0849. The van der Waals surface area contributed by atoms with Crippen molar-refractivity contribution in [3.8, 4) is 0 Å². The first-order valence-electron chi connectivity index (χ1n) is 9.26. The number of nitrogens with zero attached hydrogens (tertiary/aromatic N) is 3. The summed E-state index contributed by atoms with van der Waals surface area (Å²) in [5.41, 5.74) is -0.0706. The zero-order chi connectivity index (χ0) is 18.9. The molecule has 0 radical (unpaired) electrons. The van der Waals surface area contributed by atoms with Gasteiger partial charge in [-0.25, -0.2) is 17.8 Å². The maximum atomic E-state index is 13.0. The molecule has 0 spiro atoms. The molecule has 26 heavy (non-hydrogen) atoms. The molecule has 1 aromatic heterocycles. The monoisotopic (exact) mass is 386 g/mol. The molecule has 8 nitrogen and oxygen atoms in total. The van der Waals surface area contributed by atoms with Crippen molar-refractivity contribution >= 4 is 10.0 Å². The molecule has 0 unspecified atom stereocenters. The summed E-state index contributed by atoms with van der Waals surface area (Å²) in [4.78, 5) is 2.00. The molecule has 3 rings (SSSR count). The van der Waals surface area contributed by atoms with Crippen molar-refractivity contribution in [1.82, 2.24) is 19.4 Å². The van der Waals surface area contributed by atoms with E-state index in [2.05, 4.69) is 9.82 Å². The first-order valence-corrected chi connectivity index (χ1v) is 10.7. The van der Waals surface area contributed by atoms with Crippen molar-refractivity contribution in [3.05, 3.63) is 11.8 Å². The van der Waals surface area contributed by atoms with Crippen LogP contribution in [0.2, 0.25) is 0 Å². The Hall–Kier alpha value is -1.00. The molecule has 0 amide bonds. The van der Waals surface area contributed by atoms with Crippen LogP contribution in [0.5, 0.6) is 0 Å². The number of morpholine rings is 1. The van der Waals surface area contributed by atoms with Gasteiger partial charge >= 0.3 is 0 Å². The topological polar surface area (TPSA) is 96.7 Å². The summed E-state index contributed by atoms with van der Waals surface area (Å²) in [5.74, 6) is 0. The van der Waals surface area contributed by atoms with E-state index in [1.807, 2.05) is 25.8 Å². The lowest BCUT2D eigenvalue weighted by molar-refractivity contribution is -0.104. The van der Waals surface area contributed by atoms with Gasteiger partial charge in [0.05, 0.1) is 37.1 Å². The van der Waals surface area contributed by atoms with Gasteiger partial charge in [-0.15, -0.1) is 0 Å². The number of aryl methyl sites for hydroxylation is 1. The Balaban J connectivity index is 1.81. The highest BCUT2D eigenvalue weighted by molar-refractivity contribution is 7.89. The molecule has 2 N–H and O–H groups in total. The summed E-state index contributed by atoms with van der Waals surface area (Å²) >= 11 is 0. The standard InChI is InChI=1S/C17H30N4O4S/c1-13-8-16(21(19-13)15-6-4-5-7-15)26(23,24)18-10-17(11-22)12-25-9-14(2)20(17)3/h8,14-15,18,22H,4-7,9-12H2,1-3H3/t14-,17+/m1/s1. The smallest absolute Gasteiger partial charge is 0.257 e. The molecule has 9 heteroatoms. The van der Waals surface area contributed by atoms with Crippen LogP contribution in [0, 0.1) is 6.92 Å². The van der Waals surface area contributed by atoms with E-state index in [-0.39, 0.29) is 36.9 Å². The number of aromatic nitrogens is 2. The third-order valence-corrected chi connectivity index (χ3v) is 7.17. The molecule has 1 aromatic rings. The maximum absolute atomic E-state index is 13.0. The molecule has 2 aliphatic rings. The summed E-state index contributed by atoms with van der Waals surface area (Å²) < 4.78 is 35.9. The van der Waals surface area contributed by atoms with E-state index in [1.54, 1.807) is 10.7 Å². The number of nitrogens with one attached hydrogen (secondary N) is 1. The second kappa shape index (κ2) is 7.55. The fourth-order valence-electron chi connectivity index (χ4n) is 3.90. The second-order valence-corrected chi connectivity index (χ2v) is 9.40. The van der Waals surface area contributed by atoms with Crippen molar-refractivity contribution in [2.75, 3.05) is 33.4 Å². The molecule has 0 bridgehead atoms. The second-order valence-electron chi connectivity index (χ2n) is 7.69. The van der Waals surface area contributed by atoms with E-state index in [1.165, 1.54) is 0 Å². The van der Waals surface area contributed by atoms with Crippen LogP contribution in [-0.4, -0.2) is 73.2 Å². The minimum Gasteiger partial charge on any atom is -0.394 e. The Labute approximate surface area is 155 Å². The number of sulfonamides is 1. The van der Waals surface area contributed by atoms with Crippen LogP contribution in [-0.2, 0) is 14.8 Å². The van der Waals surface area contributed by atoms with Crippen molar-refractivity contribution in [1.29, 1.82) is 0 Å². The van der Waals surface area contributed by atoms with E-state index in [9.17, 15) is 13.5 Å². The van der Waals surface area contributed by atoms with Crippen LogP contribution in [0.15, 0.2) is 11.1 Å². The molecule has 0 aromatic carbocycles. The van der Waals surface area contributed by atoms with E-state index < -0.39 is 15.6 Å². The van der Waals surface area contributed by atoms with Crippen LogP contribution in [0.4, 0.5) is 0 Å². The quantitative estimate of drug-likeness (QED) is 0.746. The Morgan fingerprint density at radius 2 is 2.12 bits per heavy atom. The molecule has 1 aliphatic heterocycles. The van der Waals surface area contributed by atoms with E-state index in [4.69, 9.17) is 4.74 Å². The maximum Gasteiger partial charge on any atom is 0.257 e. The van der Waals surface area contributed by atoms with Gasteiger partial charge in [0.2, 0.25) is 0 Å². The van der Waals surface area contributed by atoms with Gasteiger partial charge in [0, 0.05) is 12.6 Å². The number of hydrogen-bond donors (Lipinski definition) is 2. The molecule has 1 aliphatic carbocycles. The molecule has 148 valence electrons. The molecular formula is C17H30N4O4S. The summed E-state index contributed by atoms with van der Waals surface area (Å²) in [6.07, 6.45) is 4.12. The van der Waals surface area contributed by atoms with E-state index in [0.29, 0.717) is 12.3 Å². The summed E-state index contributed by atoms with van der Waals surface area (Å²) in [5, 5.41) is 14.6. The van der Waals surface area contributed by atoms with E-state index >= 15 is 0 Å². The van der Waals surface area contributed by atoms with Gasteiger partial charge in [0.1, 0.15) is 0 Å².